The van der Waals surface area contributed by atoms with Gasteiger partial charge in [-0.2, -0.15) is 0 Å². The fourth-order valence-corrected chi connectivity index (χ4v) is 5.14. The highest BCUT2D eigenvalue weighted by atomic mass is 16.3. The molecule has 0 saturated heterocycles. The van der Waals surface area contributed by atoms with Crippen molar-refractivity contribution >= 4 is 33.5 Å². The summed E-state index contributed by atoms with van der Waals surface area (Å²) >= 11 is 0. The lowest BCUT2D eigenvalue weighted by atomic mass is 9.88. The van der Waals surface area contributed by atoms with E-state index in [0.29, 0.717) is 0 Å². The summed E-state index contributed by atoms with van der Waals surface area (Å²) in [5.41, 5.74) is 5.13. The number of hydrogen-bond acceptors (Lipinski definition) is 5. The van der Waals surface area contributed by atoms with Crippen LogP contribution >= 0.6 is 0 Å². The van der Waals surface area contributed by atoms with Crippen LogP contribution in [-0.4, -0.2) is 34.4 Å². The van der Waals surface area contributed by atoms with Crippen LogP contribution in [0.5, 0.6) is 0 Å². The molecule has 0 unspecified atom stereocenters. The third-order valence-electron chi connectivity index (χ3n) is 7.06. The molecule has 6 heteroatoms. The molecule has 4 aromatic rings. The van der Waals surface area contributed by atoms with Crippen molar-refractivity contribution in [2.75, 3.05) is 18.9 Å². The van der Waals surface area contributed by atoms with Gasteiger partial charge in [-0.15, -0.1) is 0 Å². The second-order valence-electron chi connectivity index (χ2n) is 9.53. The Morgan fingerprint density at radius 2 is 2.00 bits per heavy atom. The highest BCUT2D eigenvalue weighted by Crippen LogP contribution is 2.30. The Hall–Kier alpha value is -3.25. The van der Waals surface area contributed by atoms with Gasteiger partial charge < -0.3 is 14.6 Å². The molecule has 1 aliphatic rings. The van der Waals surface area contributed by atoms with Crippen molar-refractivity contribution < 1.29 is 9.21 Å². The van der Waals surface area contributed by atoms with E-state index in [2.05, 4.69) is 45.4 Å². The number of aromatic nitrogens is 2. The van der Waals surface area contributed by atoms with Crippen molar-refractivity contribution in [1.29, 1.82) is 0 Å². The molecule has 0 bridgehead atoms. The van der Waals surface area contributed by atoms with E-state index in [1.807, 2.05) is 31.3 Å². The van der Waals surface area contributed by atoms with Gasteiger partial charge in [0.15, 0.2) is 0 Å². The number of carbonyl (C=O) groups excluding carboxylic acids is 1. The zero-order chi connectivity index (χ0) is 23.5. The Morgan fingerprint density at radius 1 is 1.15 bits per heavy atom. The van der Waals surface area contributed by atoms with Gasteiger partial charge in [0.1, 0.15) is 17.7 Å². The van der Waals surface area contributed by atoms with Crippen molar-refractivity contribution in [2.45, 2.75) is 52.0 Å². The first-order valence-electron chi connectivity index (χ1n) is 12.3. The monoisotopic (exact) mass is 456 g/mol. The van der Waals surface area contributed by atoms with Gasteiger partial charge in [-0.05, 0) is 63.1 Å². The first-order chi connectivity index (χ1) is 16.6. The van der Waals surface area contributed by atoms with Gasteiger partial charge in [-0.1, -0.05) is 31.4 Å². The van der Waals surface area contributed by atoms with Gasteiger partial charge in [-0.25, -0.2) is 9.97 Å². The summed E-state index contributed by atoms with van der Waals surface area (Å²) in [6.45, 7) is 3.73. The quantitative estimate of drug-likeness (QED) is 0.376. The van der Waals surface area contributed by atoms with E-state index in [-0.39, 0.29) is 11.8 Å². The van der Waals surface area contributed by atoms with Crippen LogP contribution < -0.4 is 5.32 Å². The first-order valence-corrected chi connectivity index (χ1v) is 12.3. The zero-order valence-corrected chi connectivity index (χ0v) is 20.0. The van der Waals surface area contributed by atoms with Gasteiger partial charge >= 0.3 is 0 Å². The van der Waals surface area contributed by atoms with Crippen LogP contribution in [0.2, 0.25) is 0 Å². The maximum absolute atomic E-state index is 12.7. The third-order valence-corrected chi connectivity index (χ3v) is 7.06. The van der Waals surface area contributed by atoms with E-state index in [9.17, 15) is 4.79 Å². The van der Waals surface area contributed by atoms with Crippen molar-refractivity contribution in [1.82, 2.24) is 14.9 Å². The van der Waals surface area contributed by atoms with E-state index in [4.69, 9.17) is 4.42 Å². The van der Waals surface area contributed by atoms with Crippen LogP contribution in [0.3, 0.4) is 0 Å². The topological polar surface area (TPSA) is 71.3 Å². The molecule has 2 heterocycles. The molecule has 1 saturated carbocycles. The number of hydrogen-bond donors (Lipinski definition) is 1. The summed E-state index contributed by atoms with van der Waals surface area (Å²) in [7, 11) is 2.13. The molecule has 0 atom stereocenters. The fourth-order valence-electron chi connectivity index (χ4n) is 5.14. The zero-order valence-electron chi connectivity index (χ0n) is 20.0. The molecular weight excluding hydrogens is 424 g/mol. The standard InChI is InChI=1S/C28H32N4O2/c1-19-23(13-14-32(2)17-21-9-6-10-26-25(21)16-29-18-30-26)24-15-22(11-12-27(24)34-19)31-28(33)20-7-4-3-5-8-20/h6,9-12,15-16,18,20H,3-5,7-8,13-14,17H2,1-2H3,(H,31,33). The van der Waals surface area contributed by atoms with Crippen LogP contribution in [0.15, 0.2) is 53.3 Å². The number of nitrogens with zero attached hydrogens (tertiary/aromatic N) is 3. The van der Waals surface area contributed by atoms with Crippen molar-refractivity contribution in [2.24, 2.45) is 5.92 Å². The Balaban J connectivity index is 1.28. The van der Waals surface area contributed by atoms with Crippen molar-refractivity contribution in [3.05, 3.63) is 65.8 Å². The molecule has 1 N–H and O–H groups in total. The average Bonchev–Trinajstić information content (AvgIpc) is 3.17. The van der Waals surface area contributed by atoms with Crippen LogP contribution in [0.4, 0.5) is 5.69 Å². The molecule has 0 spiro atoms. The molecule has 2 aromatic heterocycles. The Kier molecular flexibility index (Phi) is 6.59. The average molecular weight is 457 g/mol. The molecule has 34 heavy (non-hydrogen) atoms. The number of likely N-dealkylation sites (N-methyl/N-ethyl adjacent to an activating group) is 1. The largest absolute Gasteiger partial charge is 0.461 e. The Bertz CT molecular complexity index is 1300. The molecule has 0 aliphatic heterocycles. The minimum atomic E-state index is 0.142. The predicted molar refractivity (Wildman–Crippen MR) is 136 cm³/mol. The molecule has 2 aromatic carbocycles. The molecular formula is C28H32N4O2. The van der Waals surface area contributed by atoms with Crippen molar-refractivity contribution in [3.8, 4) is 0 Å². The second-order valence-corrected chi connectivity index (χ2v) is 9.53. The number of carbonyl (C=O) groups is 1. The minimum Gasteiger partial charge on any atom is -0.461 e. The maximum atomic E-state index is 12.7. The highest BCUT2D eigenvalue weighted by Gasteiger charge is 2.21. The normalized spacial score (nSPS) is 14.8. The minimum absolute atomic E-state index is 0.142. The summed E-state index contributed by atoms with van der Waals surface area (Å²) in [5.74, 6) is 1.24. The number of fused-ring (bicyclic) bond motifs is 2. The van der Waals surface area contributed by atoms with Crippen LogP contribution in [-0.2, 0) is 17.8 Å². The van der Waals surface area contributed by atoms with Crippen LogP contribution in [0.1, 0.15) is 49.0 Å². The van der Waals surface area contributed by atoms with E-state index in [1.165, 1.54) is 17.5 Å². The number of rotatable bonds is 7. The first kappa shape index (κ1) is 22.5. The summed E-state index contributed by atoms with van der Waals surface area (Å²) in [4.78, 5) is 23.6. The number of nitrogens with one attached hydrogen (secondary N) is 1. The molecule has 176 valence electrons. The lowest BCUT2D eigenvalue weighted by Crippen LogP contribution is -2.24. The van der Waals surface area contributed by atoms with Gasteiger partial charge in [0.25, 0.3) is 0 Å². The third kappa shape index (κ3) is 4.82. The molecule has 1 aliphatic carbocycles. The number of anilines is 1. The SMILES string of the molecule is Cc1oc2ccc(NC(=O)C3CCCCC3)cc2c1CCN(C)Cc1cccc2ncncc12. The molecule has 6 nitrogen and oxygen atoms in total. The number of benzene rings is 2. The summed E-state index contributed by atoms with van der Waals surface area (Å²) in [6, 6.07) is 12.2. The smallest absolute Gasteiger partial charge is 0.227 e. The van der Waals surface area contributed by atoms with Crippen molar-refractivity contribution in [3.63, 3.8) is 0 Å². The lowest BCUT2D eigenvalue weighted by molar-refractivity contribution is -0.120. The Morgan fingerprint density at radius 3 is 2.85 bits per heavy atom. The highest BCUT2D eigenvalue weighted by molar-refractivity contribution is 5.95. The van der Waals surface area contributed by atoms with Crippen LogP contribution in [0, 0.1) is 12.8 Å². The molecule has 1 amide bonds. The van der Waals surface area contributed by atoms with E-state index < -0.39 is 0 Å². The summed E-state index contributed by atoms with van der Waals surface area (Å²) in [6.07, 6.45) is 9.91. The van der Waals surface area contributed by atoms with Crippen LogP contribution in [0.25, 0.3) is 21.9 Å². The van der Waals surface area contributed by atoms with Gasteiger partial charge in [0.05, 0.1) is 5.52 Å². The lowest BCUT2D eigenvalue weighted by Gasteiger charge is -2.20. The molecule has 1 fully saturated rings. The predicted octanol–water partition coefficient (Wildman–Crippen LogP) is 5.88. The summed E-state index contributed by atoms with van der Waals surface area (Å²) in [5, 5.41) is 5.34. The van der Waals surface area contributed by atoms with Gasteiger partial charge in [-0.3, -0.25) is 4.79 Å². The van der Waals surface area contributed by atoms with E-state index in [1.54, 1.807) is 6.33 Å². The second kappa shape index (κ2) is 9.94. The fraction of sp³-hybridized carbons (Fsp3) is 0.393. The number of furan rings is 1. The molecule has 5 rings (SSSR count). The Labute approximate surface area is 200 Å². The van der Waals surface area contributed by atoms with Gasteiger partial charge in [0.2, 0.25) is 5.91 Å². The van der Waals surface area contributed by atoms with E-state index >= 15 is 0 Å². The number of aryl methyl sites for hydroxylation is 1. The maximum Gasteiger partial charge on any atom is 0.227 e. The number of amides is 1. The molecule has 0 radical (unpaired) electrons. The van der Waals surface area contributed by atoms with E-state index in [0.717, 1.165) is 78.5 Å². The summed E-state index contributed by atoms with van der Waals surface area (Å²) < 4.78 is 6.04. The van der Waals surface area contributed by atoms with Gasteiger partial charge in [0, 0.05) is 47.2 Å².